The summed E-state index contributed by atoms with van der Waals surface area (Å²) in [6, 6.07) is 2.01. The third-order valence-corrected chi connectivity index (χ3v) is 2.80. The lowest BCUT2D eigenvalue weighted by Crippen LogP contribution is -1.87. The van der Waals surface area contributed by atoms with Gasteiger partial charge < -0.3 is 0 Å². The monoisotopic (exact) mass is 203 g/mol. The fourth-order valence-electron chi connectivity index (χ4n) is 0.535. The molecule has 0 saturated heterocycles. The van der Waals surface area contributed by atoms with E-state index >= 15 is 0 Å². The molecule has 0 saturated carbocycles. The SMILES string of the molecule is N#CCC(S)c1nnc(S)s1. The zero-order chi connectivity index (χ0) is 8.27. The highest BCUT2D eigenvalue weighted by Gasteiger charge is 2.10. The van der Waals surface area contributed by atoms with E-state index in [1.807, 2.05) is 6.07 Å². The second kappa shape index (κ2) is 3.95. The van der Waals surface area contributed by atoms with Crippen molar-refractivity contribution < 1.29 is 0 Å². The summed E-state index contributed by atoms with van der Waals surface area (Å²) in [4.78, 5) is 0. The Kier molecular flexibility index (Phi) is 3.17. The van der Waals surface area contributed by atoms with Gasteiger partial charge in [-0.25, -0.2) is 0 Å². The van der Waals surface area contributed by atoms with Gasteiger partial charge in [0.2, 0.25) is 0 Å². The fraction of sp³-hybridized carbons (Fsp3) is 0.400. The average molecular weight is 203 g/mol. The summed E-state index contributed by atoms with van der Waals surface area (Å²) < 4.78 is 0.608. The molecule has 58 valence electrons. The van der Waals surface area contributed by atoms with E-state index in [0.717, 1.165) is 5.01 Å². The minimum Gasteiger partial charge on any atom is -0.198 e. The molecule has 3 nitrogen and oxygen atoms in total. The average Bonchev–Trinajstić information content (AvgIpc) is 2.36. The van der Waals surface area contributed by atoms with E-state index < -0.39 is 0 Å². The van der Waals surface area contributed by atoms with Crippen LogP contribution in [0.4, 0.5) is 0 Å². The molecular weight excluding hydrogens is 198 g/mol. The normalized spacial score (nSPS) is 12.5. The van der Waals surface area contributed by atoms with Crippen LogP contribution in [-0.4, -0.2) is 10.2 Å². The Morgan fingerprint density at radius 1 is 1.64 bits per heavy atom. The van der Waals surface area contributed by atoms with Gasteiger partial charge in [-0.1, -0.05) is 11.3 Å². The summed E-state index contributed by atoms with van der Waals surface area (Å²) in [7, 11) is 0. The third-order valence-electron chi connectivity index (χ3n) is 1.000. The van der Waals surface area contributed by atoms with Gasteiger partial charge in [0.15, 0.2) is 4.34 Å². The Labute approximate surface area is 79.3 Å². The topological polar surface area (TPSA) is 49.6 Å². The molecule has 6 heteroatoms. The minimum absolute atomic E-state index is 0.126. The number of rotatable bonds is 2. The summed E-state index contributed by atoms with van der Waals surface area (Å²) in [6.07, 6.45) is 0.353. The Hall–Kier alpha value is -0.250. The summed E-state index contributed by atoms with van der Waals surface area (Å²) in [6.45, 7) is 0. The molecule has 1 unspecified atom stereocenters. The van der Waals surface area contributed by atoms with Gasteiger partial charge >= 0.3 is 0 Å². The molecule has 0 amide bonds. The fourth-order valence-corrected chi connectivity index (χ4v) is 1.72. The standard InChI is InChI=1S/C5H5N3S3/c6-2-1-3(9)4-7-8-5(10)11-4/h3,9H,1H2,(H,8,10). The highest BCUT2D eigenvalue weighted by Crippen LogP contribution is 2.26. The van der Waals surface area contributed by atoms with E-state index in [9.17, 15) is 0 Å². The van der Waals surface area contributed by atoms with Crippen molar-refractivity contribution in [3.05, 3.63) is 5.01 Å². The summed E-state index contributed by atoms with van der Waals surface area (Å²) >= 11 is 9.51. The molecule has 0 radical (unpaired) electrons. The number of hydrogen-bond donors (Lipinski definition) is 2. The van der Waals surface area contributed by atoms with Crippen molar-refractivity contribution in [1.29, 1.82) is 5.26 Å². The molecule has 0 fully saturated rings. The number of hydrogen-bond acceptors (Lipinski definition) is 6. The van der Waals surface area contributed by atoms with Gasteiger partial charge in [0.05, 0.1) is 17.7 Å². The van der Waals surface area contributed by atoms with E-state index in [1.165, 1.54) is 11.3 Å². The van der Waals surface area contributed by atoms with Crippen LogP contribution in [-0.2, 0) is 0 Å². The molecule has 1 rings (SSSR count). The van der Waals surface area contributed by atoms with Crippen LogP contribution in [0.2, 0.25) is 0 Å². The largest absolute Gasteiger partial charge is 0.198 e. The lowest BCUT2D eigenvalue weighted by molar-refractivity contribution is 0.899. The van der Waals surface area contributed by atoms with Gasteiger partial charge in [-0.15, -0.1) is 22.8 Å². The highest BCUT2D eigenvalue weighted by molar-refractivity contribution is 7.83. The van der Waals surface area contributed by atoms with E-state index in [1.54, 1.807) is 0 Å². The molecule has 0 aliphatic rings. The van der Waals surface area contributed by atoms with E-state index in [4.69, 9.17) is 5.26 Å². The van der Waals surface area contributed by atoms with E-state index in [2.05, 4.69) is 35.5 Å². The van der Waals surface area contributed by atoms with Crippen molar-refractivity contribution in [2.45, 2.75) is 16.0 Å². The lowest BCUT2D eigenvalue weighted by Gasteiger charge is -1.96. The maximum atomic E-state index is 8.34. The van der Waals surface area contributed by atoms with Gasteiger partial charge in [-0.2, -0.15) is 17.9 Å². The van der Waals surface area contributed by atoms with Crippen LogP contribution in [0.3, 0.4) is 0 Å². The Balaban J connectivity index is 2.70. The van der Waals surface area contributed by atoms with Gasteiger partial charge in [0.25, 0.3) is 0 Å². The van der Waals surface area contributed by atoms with Gasteiger partial charge in [-0.3, -0.25) is 0 Å². The molecule has 1 heterocycles. The van der Waals surface area contributed by atoms with Crippen LogP contribution < -0.4 is 0 Å². The summed E-state index contributed by atoms with van der Waals surface area (Å²) in [5.41, 5.74) is 0. The number of nitrogens with zero attached hydrogens (tertiary/aromatic N) is 3. The number of thiol groups is 2. The number of aromatic nitrogens is 2. The molecule has 0 aliphatic heterocycles. The van der Waals surface area contributed by atoms with Gasteiger partial charge in [-0.05, 0) is 0 Å². The van der Waals surface area contributed by atoms with Crippen molar-refractivity contribution in [3.63, 3.8) is 0 Å². The molecule has 0 aliphatic carbocycles. The Morgan fingerprint density at radius 2 is 2.36 bits per heavy atom. The van der Waals surface area contributed by atoms with Gasteiger partial charge in [0.1, 0.15) is 5.01 Å². The molecule has 0 spiro atoms. The molecule has 1 aromatic heterocycles. The van der Waals surface area contributed by atoms with Gasteiger partial charge in [0, 0.05) is 0 Å². The van der Waals surface area contributed by atoms with Crippen LogP contribution >= 0.6 is 36.6 Å². The molecular formula is C5H5N3S3. The quantitative estimate of drug-likeness (QED) is 0.719. The van der Waals surface area contributed by atoms with Crippen molar-refractivity contribution in [3.8, 4) is 6.07 Å². The van der Waals surface area contributed by atoms with Crippen molar-refractivity contribution in [2.75, 3.05) is 0 Å². The van der Waals surface area contributed by atoms with Crippen LogP contribution in [0.1, 0.15) is 16.7 Å². The molecule has 1 atom stereocenters. The predicted molar refractivity (Wildman–Crippen MR) is 49.1 cm³/mol. The number of nitriles is 1. The molecule has 11 heavy (non-hydrogen) atoms. The molecule has 0 bridgehead atoms. The third kappa shape index (κ3) is 2.36. The maximum absolute atomic E-state index is 8.34. The van der Waals surface area contributed by atoms with Crippen LogP contribution in [0.25, 0.3) is 0 Å². The zero-order valence-electron chi connectivity index (χ0n) is 5.43. The zero-order valence-corrected chi connectivity index (χ0v) is 8.03. The van der Waals surface area contributed by atoms with Crippen LogP contribution in [0.5, 0.6) is 0 Å². The first-order valence-corrected chi connectivity index (χ1v) is 4.59. The highest BCUT2D eigenvalue weighted by atomic mass is 32.2. The lowest BCUT2D eigenvalue weighted by atomic mass is 10.3. The Bertz CT molecular complexity index is 277. The first kappa shape index (κ1) is 8.84. The second-order valence-electron chi connectivity index (χ2n) is 1.80. The molecule has 0 aromatic carbocycles. The van der Waals surface area contributed by atoms with E-state index in [0.29, 0.717) is 10.8 Å². The van der Waals surface area contributed by atoms with Crippen molar-refractivity contribution in [1.82, 2.24) is 10.2 Å². The van der Waals surface area contributed by atoms with Crippen LogP contribution in [0, 0.1) is 11.3 Å². The molecule has 1 aromatic rings. The summed E-state index contributed by atoms with van der Waals surface area (Å²) in [5, 5.41) is 16.5. The first-order valence-electron chi connectivity index (χ1n) is 2.81. The van der Waals surface area contributed by atoms with Crippen molar-refractivity contribution in [2.24, 2.45) is 0 Å². The smallest absolute Gasteiger partial charge is 0.171 e. The van der Waals surface area contributed by atoms with Crippen LogP contribution in [0.15, 0.2) is 4.34 Å². The predicted octanol–water partition coefficient (Wildman–Crippen LogP) is 1.71. The second-order valence-corrected chi connectivity index (χ2v) is 4.16. The Morgan fingerprint density at radius 3 is 2.82 bits per heavy atom. The van der Waals surface area contributed by atoms with E-state index in [-0.39, 0.29) is 5.25 Å². The first-order chi connectivity index (χ1) is 5.24. The molecule has 0 N–H and O–H groups in total. The minimum atomic E-state index is -0.126. The van der Waals surface area contributed by atoms with Crippen molar-refractivity contribution >= 4 is 36.6 Å². The summed E-state index contributed by atoms with van der Waals surface area (Å²) in [5.74, 6) is 0. The maximum Gasteiger partial charge on any atom is 0.171 e.